The average molecular weight is 367 g/mol. The van der Waals surface area contributed by atoms with Crippen LogP contribution in [0.15, 0.2) is 36.7 Å². The van der Waals surface area contributed by atoms with Gasteiger partial charge in [0.2, 0.25) is 0 Å². The van der Waals surface area contributed by atoms with Crippen LogP contribution in [0.1, 0.15) is 46.9 Å². The SMILES string of the molecule is Cc1cc(-n2ncc3cc([C@H](O)COC4CCC4)cnc32)ccc1C(=O)O. The summed E-state index contributed by atoms with van der Waals surface area (Å²) in [6, 6.07) is 6.90. The summed E-state index contributed by atoms with van der Waals surface area (Å²) in [6.07, 6.45) is 6.20. The molecule has 1 saturated carbocycles. The number of aliphatic hydroxyl groups excluding tert-OH is 1. The molecule has 2 N–H and O–H groups in total. The fourth-order valence-corrected chi connectivity index (χ4v) is 3.19. The molecule has 2 heterocycles. The lowest BCUT2D eigenvalue weighted by molar-refractivity contribution is -0.0427. The van der Waals surface area contributed by atoms with Crippen LogP contribution in [-0.2, 0) is 4.74 Å². The molecule has 0 amide bonds. The third-order valence-electron chi connectivity index (χ3n) is 5.04. The topological polar surface area (TPSA) is 97.5 Å². The molecule has 1 aliphatic carbocycles. The monoisotopic (exact) mass is 367 g/mol. The van der Waals surface area contributed by atoms with Gasteiger partial charge in [-0.15, -0.1) is 0 Å². The lowest BCUT2D eigenvalue weighted by atomic mass is 9.96. The predicted octanol–water partition coefficient (Wildman–Crippen LogP) is 3.03. The van der Waals surface area contributed by atoms with Crippen molar-refractivity contribution in [3.8, 4) is 5.69 Å². The van der Waals surface area contributed by atoms with Crippen LogP contribution in [0.25, 0.3) is 16.7 Å². The second kappa shape index (κ2) is 7.09. The van der Waals surface area contributed by atoms with Crippen LogP contribution in [0.5, 0.6) is 0 Å². The summed E-state index contributed by atoms with van der Waals surface area (Å²) in [4.78, 5) is 15.6. The van der Waals surface area contributed by atoms with E-state index in [1.54, 1.807) is 42.2 Å². The highest BCUT2D eigenvalue weighted by Gasteiger charge is 2.20. The zero-order valence-electron chi connectivity index (χ0n) is 15.0. The minimum atomic E-state index is -0.953. The van der Waals surface area contributed by atoms with E-state index in [0.717, 1.165) is 23.9 Å². The summed E-state index contributed by atoms with van der Waals surface area (Å²) in [7, 11) is 0. The minimum absolute atomic E-state index is 0.264. The molecule has 27 heavy (non-hydrogen) atoms. The van der Waals surface area contributed by atoms with E-state index in [0.29, 0.717) is 16.8 Å². The highest BCUT2D eigenvalue weighted by atomic mass is 16.5. The summed E-state index contributed by atoms with van der Waals surface area (Å²) < 4.78 is 7.34. The maximum absolute atomic E-state index is 11.2. The molecule has 7 heteroatoms. The molecule has 140 valence electrons. The number of ether oxygens (including phenoxy) is 1. The first-order chi connectivity index (χ1) is 13.0. The number of hydrogen-bond donors (Lipinski definition) is 2. The fraction of sp³-hybridized carbons (Fsp3) is 0.350. The number of carboxylic acid groups (broad SMARTS) is 1. The molecule has 1 fully saturated rings. The second-order valence-electron chi connectivity index (χ2n) is 6.94. The Balaban J connectivity index is 1.58. The highest BCUT2D eigenvalue weighted by Crippen LogP contribution is 2.25. The lowest BCUT2D eigenvalue weighted by Gasteiger charge is -2.26. The average Bonchev–Trinajstić information content (AvgIpc) is 3.03. The smallest absolute Gasteiger partial charge is 0.335 e. The number of carbonyl (C=O) groups is 1. The van der Waals surface area contributed by atoms with E-state index in [1.165, 1.54) is 6.42 Å². The van der Waals surface area contributed by atoms with E-state index >= 15 is 0 Å². The molecule has 0 radical (unpaired) electrons. The number of aromatic nitrogens is 3. The Morgan fingerprint density at radius 2 is 2.15 bits per heavy atom. The summed E-state index contributed by atoms with van der Waals surface area (Å²) in [5.41, 5.74) is 3.00. The third-order valence-corrected chi connectivity index (χ3v) is 5.04. The molecule has 4 rings (SSSR count). The van der Waals surface area contributed by atoms with Crippen molar-refractivity contribution in [1.29, 1.82) is 0 Å². The molecule has 1 aromatic carbocycles. The predicted molar refractivity (Wildman–Crippen MR) is 99.1 cm³/mol. The number of benzene rings is 1. The normalized spacial score (nSPS) is 15.6. The number of fused-ring (bicyclic) bond motifs is 1. The van der Waals surface area contributed by atoms with Gasteiger partial charge >= 0.3 is 5.97 Å². The first-order valence-electron chi connectivity index (χ1n) is 9.00. The number of carboxylic acids is 1. The summed E-state index contributed by atoms with van der Waals surface area (Å²) in [5.74, 6) is -0.953. The number of aromatic carboxylic acids is 1. The molecule has 0 spiro atoms. The van der Waals surface area contributed by atoms with Gasteiger partial charge < -0.3 is 14.9 Å². The van der Waals surface area contributed by atoms with Gasteiger partial charge in [-0.2, -0.15) is 5.10 Å². The maximum atomic E-state index is 11.2. The van der Waals surface area contributed by atoms with Gasteiger partial charge in [-0.25, -0.2) is 14.5 Å². The Labute approximate surface area is 156 Å². The van der Waals surface area contributed by atoms with Gasteiger partial charge in [0.25, 0.3) is 0 Å². The van der Waals surface area contributed by atoms with Crippen LogP contribution in [0.2, 0.25) is 0 Å². The van der Waals surface area contributed by atoms with Crippen molar-refractivity contribution in [2.24, 2.45) is 0 Å². The van der Waals surface area contributed by atoms with Crippen molar-refractivity contribution in [1.82, 2.24) is 14.8 Å². The standard InChI is InChI=1S/C20H21N3O4/c1-12-7-15(5-6-17(12)20(25)26)23-19-14(10-22-23)8-13(9-21-19)18(24)11-27-16-3-2-4-16/h5-10,16,18,24H,2-4,11H2,1H3,(H,25,26)/t18-/m1/s1. The van der Waals surface area contributed by atoms with Gasteiger partial charge in [0.05, 0.1) is 30.2 Å². The van der Waals surface area contributed by atoms with Gasteiger partial charge in [0.1, 0.15) is 6.10 Å². The van der Waals surface area contributed by atoms with Gasteiger partial charge in [-0.3, -0.25) is 0 Å². The fourth-order valence-electron chi connectivity index (χ4n) is 3.19. The summed E-state index contributed by atoms with van der Waals surface area (Å²) >= 11 is 0. The van der Waals surface area contributed by atoms with Crippen molar-refractivity contribution in [3.63, 3.8) is 0 Å². The Morgan fingerprint density at radius 1 is 1.33 bits per heavy atom. The van der Waals surface area contributed by atoms with E-state index in [2.05, 4.69) is 10.1 Å². The van der Waals surface area contributed by atoms with E-state index < -0.39 is 12.1 Å². The molecular formula is C20H21N3O4. The van der Waals surface area contributed by atoms with Crippen LogP contribution in [0, 0.1) is 6.92 Å². The van der Waals surface area contributed by atoms with Gasteiger partial charge in [-0.05, 0) is 56.0 Å². The van der Waals surface area contributed by atoms with E-state index in [4.69, 9.17) is 4.74 Å². The number of hydrogen-bond acceptors (Lipinski definition) is 5. The van der Waals surface area contributed by atoms with E-state index in [9.17, 15) is 15.0 Å². The van der Waals surface area contributed by atoms with Crippen LogP contribution >= 0.6 is 0 Å². The largest absolute Gasteiger partial charge is 0.478 e. The van der Waals surface area contributed by atoms with E-state index in [-0.39, 0.29) is 18.3 Å². The van der Waals surface area contributed by atoms with Crippen LogP contribution in [0.3, 0.4) is 0 Å². The van der Waals surface area contributed by atoms with Gasteiger partial charge in [-0.1, -0.05) is 0 Å². The highest BCUT2D eigenvalue weighted by molar-refractivity contribution is 5.89. The van der Waals surface area contributed by atoms with Crippen molar-refractivity contribution in [2.45, 2.75) is 38.4 Å². The lowest BCUT2D eigenvalue weighted by Crippen LogP contribution is -2.24. The molecule has 0 unspecified atom stereocenters. The second-order valence-corrected chi connectivity index (χ2v) is 6.94. The van der Waals surface area contributed by atoms with E-state index in [1.807, 2.05) is 6.07 Å². The van der Waals surface area contributed by atoms with Crippen LogP contribution < -0.4 is 0 Å². The zero-order chi connectivity index (χ0) is 19.0. The van der Waals surface area contributed by atoms with Crippen molar-refractivity contribution < 1.29 is 19.7 Å². The molecule has 0 aliphatic heterocycles. The third kappa shape index (κ3) is 3.43. The quantitative estimate of drug-likeness (QED) is 0.695. The van der Waals surface area contributed by atoms with Crippen LogP contribution in [-0.4, -0.2) is 43.7 Å². The number of pyridine rings is 1. The minimum Gasteiger partial charge on any atom is -0.478 e. The first kappa shape index (κ1) is 17.6. The Kier molecular flexibility index (Phi) is 4.63. The van der Waals surface area contributed by atoms with Crippen molar-refractivity contribution >= 4 is 17.0 Å². The van der Waals surface area contributed by atoms with Gasteiger partial charge in [0.15, 0.2) is 5.65 Å². The molecule has 0 saturated heterocycles. The molecule has 1 aliphatic rings. The Bertz CT molecular complexity index is 994. The maximum Gasteiger partial charge on any atom is 0.335 e. The number of aryl methyl sites for hydroxylation is 1. The summed E-state index contributed by atoms with van der Waals surface area (Å²) in [5, 5.41) is 24.7. The zero-order valence-corrected chi connectivity index (χ0v) is 15.0. The Hall–Kier alpha value is -2.77. The molecule has 1 atom stereocenters. The number of nitrogens with zero attached hydrogens (tertiary/aromatic N) is 3. The van der Waals surface area contributed by atoms with Gasteiger partial charge in [0, 0.05) is 17.1 Å². The summed E-state index contributed by atoms with van der Waals surface area (Å²) in [6.45, 7) is 2.02. The first-order valence-corrected chi connectivity index (χ1v) is 9.00. The molecule has 7 nitrogen and oxygen atoms in total. The Morgan fingerprint density at radius 3 is 2.81 bits per heavy atom. The molecule has 0 bridgehead atoms. The molecule has 3 aromatic rings. The number of rotatable bonds is 6. The van der Waals surface area contributed by atoms with Crippen molar-refractivity contribution in [3.05, 3.63) is 53.3 Å². The van der Waals surface area contributed by atoms with Crippen molar-refractivity contribution in [2.75, 3.05) is 6.61 Å². The molecule has 2 aromatic heterocycles. The van der Waals surface area contributed by atoms with Crippen LogP contribution in [0.4, 0.5) is 0 Å². The molecular weight excluding hydrogens is 346 g/mol. The number of aliphatic hydroxyl groups is 1.